The molecule has 0 radical (unpaired) electrons. The predicted molar refractivity (Wildman–Crippen MR) is 51.1 cm³/mol. The lowest BCUT2D eigenvalue weighted by molar-refractivity contribution is 0.0695. The molecule has 1 aromatic heterocycles. The molecule has 0 bridgehead atoms. The predicted octanol–water partition coefficient (Wildman–Crippen LogP) is 1.03. The zero-order valence-corrected chi connectivity index (χ0v) is 8.24. The van der Waals surface area contributed by atoms with Crippen molar-refractivity contribution in [2.45, 2.75) is 20.0 Å². The number of nitrogens with zero attached hydrogens (tertiary/aromatic N) is 2. The van der Waals surface area contributed by atoms with Crippen LogP contribution in [0.15, 0.2) is 6.07 Å². The summed E-state index contributed by atoms with van der Waals surface area (Å²) in [6.07, 6.45) is 0. The van der Waals surface area contributed by atoms with Crippen molar-refractivity contribution in [1.82, 2.24) is 9.88 Å². The van der Waals surface area contributed by atoms with Crippen molar-refractivity contribution in [3.05, 3.63) is 28.6 Å². The molecule has 0 saturated carbocycles. The first-order valence-corrected chi connectivity index (χ1v) is 4.49. The molecule has 2 heterocycles. The molecule has 1 aliphatic rings. The molecule has 4 nitrogen and oxygen atoms in total. The van der Waals surface area contributed by atoms with Gasteiger partial charge in [-0.2, -0.15) is 0 Å². The van der Waals surface area contributed by atoms with Gasteiger partial charge >= 0.3 is 5.97 Å². The van der Waals surface area contributed by atoms with Crippen LogP contribution in [0.4, 0.5) is 0 Å². The normalized spacial score (nSPS) is 15.6. The van der Waals surface area contributed by atoms with E-state index in [1.807, 2.05) is 7.05 Å². The number of carbonyl (C=O) groups is 1. The van der Waals surface area contributed by atoms with Crippen molar-refractivity contribution in [3.63, 3.8) is 0 Å². The Morgan fingerprint density at radius 3 is 2.93 bits per heavy atom. The molecule has 0 aliphatic carbocycles. The summed E-state index contributed by atoms with van der Waals surface area (Å²) in [5, 5.41) is 8.91. The summed E-state index contributed by atoms with van der Waals surface area (Å²) in [5.74, 6) is -0.896. The molecular weight excluding hydrogens is 180 g/mol. The molecule has 0 unspecified atom stereocenters. The molecule has 0 amide bonds. The van der Waals surface area contributed by atoms with Crippen LogP contribution in [0, 0.1) is 6.92 Å². The first-order chi connectivity index (χ1) is 6.58. The topological polar surface area (TPSA) is 53.4 Å². The van der Waals surface area contributed by atoms with E-state index in [9.17, 15) is 4.79 Å². The van der Waals surface area contributed by atoms with Crippen LogP contribution < -0.4 is 0 Å². The molecule has 0 saturated heterocycles. The number of carboxylic acids is 1. The zero-order chi connectivity index (χ0) is 10.3. The summed E-state index contributed by atoms with van der Waals surface area (Å²) in [5.41, 5.74) is 2.97. The minimum atomic E-state index is -0.896. The molecule has 2 rings (SSSR count). The van der Waals surface area contributed by atoms with Crippen LogP contribution >= 0.6 is 0 Å². The lowest BCUT2D eigenvalue weighted by Gasteiger charge is -2.03. The van der Waals surface area contributed by atoms with Gasteiger partial charge in [-0.15, -0.1) is 0 Å². The maximum Gasteiger partial charge on any atom is 0.337 e. The van der Waals surface area contributed by atoms with Crippen molar-refractivity contribution in [3.8, 4) is 0 Å². The fourth-order valence-corrected chi connectivity index (χ4v) is 1.79. The molecule has 0 aromatic carbocycles. The first kappa shape index (κ1) is 9.15. The SMILES string of the molecule is Cc1nc2c(cc1C(=O)O)CN(C)C2. The van der Waals surface area contributed by atoms with Crippen LogP contribution in [0.25, 0.3) is 0 Å². The van der Waals surface area contributed by atoms with E-state index in [-0.39, 0.29) is 0 Å². The molecule has 0 spiro atoms. The molecular formula is C10H12N2O2. The van der Waals surface area contributed by atoms with Gasteiger partial charge < -0.3 is 5.11 Å². The molecule has 14 heavy (non-hydrogen) atoms. The summed E-state index contributed by atoms with van der Waals surface area (Å²) in [6.45, 7) is 3.35. The first-order valence-electron chi connectivity index (χ1n) is 4.49. The second-order valence-electron chi connectivity index (χ2n) is 3.70. The summed E-state index contributed by atoms with van der Waals surface area (Å²) >= 11 is 0. The Hall–Kier alpha value is -1.42. The van der Waals surface area contributed by atoms with Gasteiger partial charge in [-0.3, -0.25) is 9.88 Å². The van der Waals surface area contributed by atoms with Gasteiger partial charge in [0.2, 0.25) is 0 Å². The third kappa shape index (κ3) is 1.37. The minimum absolute atomic E-state index is 0.319. The van der Waals surface area contributed by atoms with E-state index in [0.29, 0.717) is 11.3 Å². The second kappa shape index (κ2) is 3.06. The van der Waals surface area contributed by atoms with Crippen molar-refractivity contribution >= 4 is 5.97 Å². The molecule has 0 fully saturated rings. The standard InChI is InChI=1S/C10H12N2O2/c1-6-8(10(13)14)3-7-4-12(2)5-9(7)11-6/h3H,4-5H2,1-2H3,(H,13,14). The van der Waals surface area contributed by atoms with Crippen molar-refractivity contribution in [1.29, 1.82) is 0 Å². The van der Waals surface area contributed by atoms with Crippen molar-refractivity contribution in [2.24, 2.45) is 0 Å². The number of aromatic nitrogens is 1. The number of carboxylic acid groups (broad SMARTS) is 1. The van der Waals surface area contributed by atoms with Gasteiger partial charge in [-0.1, -0.05) is 0 Å². The maximum atomic E-state index is 10.8. The molecule has 0 atom stereocenters. The average molecular weight is 192 g/mol. The Kier molecular flexibility index (Phi) is 2.00. The van der Waals surface area contributed by atoms with Gasteiger partial charge in [-0.05, 0) is 25.6 Å². The Morgan fingerprint density at radius 2 is 2.29 bits per heavy atom. The minimum Gasteiger partial charge on any atom is -0.478 e. The largest absolute Gasteiger partial charge is 0.478 e. The highest BCUT2D eigenvalue weighted by Gasteiger charge is 2.20. The molecule has 74 valence electrons. The molecule has 1 N–H and O–H groups in total. The second-order valence-corrected chi connectivity index (χ2v) is 3.70. The Labute approximate surface area is 82.2 Å². The van der Waals surface area contributed by atoms with E-state index in [1.54, 1.807) is 13.0 Å². The van der Waals surface area contributed by atoms with Gasteiger partial charge in [0.05, 0.1) is 17.0 Å². The number of fused-ring (bicyclic) bond motifs is 1. The Balaban J connectivity index is 2.50. The third-order valence-electron chi connectivity index (χ3n) is 2.47. The van der Waals surface area contributed by atoms with Gasteiger partial charge in [0, 0.05) is 13.1 Å². The number of aryl methyl sites for hydroxylation is 1. The Morgan fingerprint density at radius 1 is 1.57 bits per heavy atom. The number of rotatable bonds is 1. The monoisotopic (exact) mass is 192 g/mol. The van der Waals surface area contributed by atoms with E-state index < -0.39 is 5.97 Å². The third-order valence-corrected chi connectivity index (χ3v) is 2.47. The van der Waals surface area contributed by atoms with Crippen LogP contribution in [-0.4, -0.2) is 28.0 Å². The highest BCUT2D eigenvalue weighted by atomic mass is 16.4. The summed E-state index contributed by atoms with van der Waals surface area (Å²) in [4.78, 5) is 17.3. The van der Waals surface area contributed by atoms with Gasteiger partial charge in [-0.25, -0.2) is 4.79 Å². The molecule has 4 heteroatoms. The van der Waals surface area contributed by atoms with E-state index in [2.05, 4.69) is 9.88 Å². The van der Waals surface area contributed by atoms with Crippen LogP contribution in [0.2, 0.25) is 0 Å². The number of aromatic carboxylic acids is 1. The molecule has 1 aliphatic heterocycles. The lowest BCUT2D eigenvalue weighted by atomic mass is 10.1. The maximum absolute atomic E-state index is 10.8. The average Bonchev–Trinajstić information content (AvgIpc) is 2.42. The van der Waals surface area contributed by atoms with E-state index in [4.69, 9.17) is 5.11 Å². The van der Waals surface area contributed by atoms with Crippen LogP contribution in [0.3, 0.4) is 0 Å². The highest BCUT2D eigenvalue weighted by molar-refractivity contribution is 5.89. The quantitative estimate of drug-likeness (QED) is 0.722. The van der Waals surface area contributed by atoms with Crippen molar-refractivity contribution < 1.29 is 9.90 Å². The van der Waals surface area contributed by atoms with Crippen LogP contribution in [0.5, 0.6) is 0 Å². The fraction of sp³-hybridized carbons (Fsp3) is 0.400. The van der Waals surface area contributed by atoms with Gasteiger partial charge in [0.25, 0.3) is 0 Å². The van der Waals surface area contributed by atoms with E-state index in [0.717, 1.165) is 24.3 Å². The van der Waals surface area contributed by atoms with Crippen LogP contribution in [-0.2, 0) is 13.1 Å². The molecule has 1 aromatic rings. The highest BCUT2D eigenvalue weighted by Crippen LogP contribution is 2.21. The van der Waals surface area contributed by atoms with Crippen LogP contribution in [0.1, 0.15) is 27.3 Å². The number of hydrogen-bond donors (Lipinski definition) is 1. The summed E-state index contributed by atoms with van der Waals surface area (Å²) < 4.78 is 0. The van der Waals surface area contributed by atoms with E-state index in [1.165, 1.54) is 0 Å². The summed E-state index contributed by atoms with van der Waals surface area (Å²) in [6, 6.07) is 1.74. The number of hydrogen-bond acceptors (Lipinski definition) is 3. The van der Waals surface area contributed by atoms with Crippen molar-refractivity contribution in [2.75, 3.05) is 7.05 Å². The zero-order valence-electron chi connectivity index (χ0n) is 8.24. The fourth-order valence-electron chi connectivity index (χ4n) is 1.79. The van der Waals surface area contributed by atoms with E-state index >= 15 is 0 Å². The van der Waals surface area contributed by atoms with Gasteiger partial charge in [0.1, 0.15) is 0 Å². The van der Waals surface area contributed by atoms with Gasteiger partial charge in [0.15, 0.2) is 0 Å². The lowest BCUT2D eigenvalue weighted by Crippen LogP contribution is -2.07. The number of pyridine rings is 1. The summed E-state index contributed by atoms with van der Waals surface area (Å²) in [7, 11) is 2.00. The smallest absolute Gasteiger partial charge is 0.337 e. The Bertz CT molecular complexity index is 401.